The molecule has 0 saturated carbocycles. The first kappa shape index (κ1) is 14.0. The van der Waals surface area contributed by atoms with E-state index in [1.54, 1.807) is 19.1 Å². The third kappa shape index (κ3) is 3.10. The highest BCUT2D eigenvalue weighted by atomic mass is 79.9. The van der Waals surface area contributed by atoms with Crippen molar-refractivity contribution in [1.82, 2.24) is 9.97 Å². The van der Waals surface area contributed by atoms with Crippen molar-refractivity contribution in [3.8, 4) is 0 Å². The molecule has 1 aromatic carbocycles. The summed E-state index contributed by atoms with van der Waals surface area (Å²) in [6.45, 7) is 3.58. The average molecular weight is 342 g/mol. The van der Waals surface area contributed by atoms with Gasteiger partial charge < -0.3 is 0 Å². The van der Waals surface area contributed by atoms with Crippen molar-refractivity contribution in [3.05, 3.63) is 46.3 Å². The highest BCUT2D eigenvalue weighted by Crippen LogP contribution is 2.25. The van der Waals surface area contributed by atoms with E-state index in [9.17, 15) is 8.42 Å². The normalized spacial score (nSPS) is 11.3. The smallest absolute Gasteiger partial charge is 0.262 e. The van der Waals surface area contributed by atoms with E-state index in [0.29, 0.717) is 5.56 Å². The van der Waals surface area contributed by atoms with Crippen molar-refractivity contribution in [1.29, 1.82) is 0 Å². The zero-order chi connectivity index (χ0) is 14.0. The topological polar surface area (TPSA) is 72.0 Å². The van der Waals surface area contributed by atoms with Crippen molar-refractivity contribution < 1.29 is 8.42 Å². The molecule has 0 aliphatic heterocycles. The maximum absolute atomic E-state index is 12.3. The number of aryl methyl sites for hydroxylation is 2. The average Bonchev–Trinajstić information content (AvgIpc) is 2.34. The minimum absolute atomic E-state index is 0.197. The summed E-state index contributed by atoms with van der Waals surface area (Å²) in [5, 5.41) is 0. The maximum atomic E-state index is 12.3. The van der Waals surface area contributed by atoms with Crippen LogP contribution in [0, 0.1) is 13.8 Å². The number of rotatable bonds is 3. The molecular weight excluding hydrogens is 330 g/mol. The zero-order valence-corrected chi connectivity index (χ0v) is 12.8. The number of nitrogens with one attached hydrogen (secondary N) is 1. The van der Waals surface area contributed by atoms with Crippen molar-refractivity contribution in [2.75, 3.05) is 4.72 Å². The van der Waals surface area contributed by atoms with Crippen LogP contribution < -0.4 is 4.72 Å². The predicted octanol–water partition coefficient (Wildman–Crippen LogP) is 2.66. The Morgan fingerprint density at radius 3 is 2.53 bits per heavy atom. The number of hydrogen-bond acceptors (Lipinski definition) is 4. The van der Waals surface area contributed by atoms with Crippen LogP contribution in [0.5, 0.6) is 0 Å². The van der Waals surface area contributed by atoms with Gasteiger partial charge in [-0.05, 0) is 37.1 Å². The molecular formula is C12H12BrN3O2S. The third-order valence-electron chi connectivity index (χ3n) is 2.55. The fourth-order valence-electron chi connectivity index (χ4n) is 1.59. The molecule has 5 nitrogen and oxygen atoms in total. The summed E-state index contributed by atoms with van der Waals surface area (Å²) in [6, 6.07) is 3.40. The number of anilines is 1. The van der Waals surface area contributed by atoms with Gasteiger partial charge in [0.1, 0.15) is 0 Å². The van der Waals surface area contributed by atoms with Crippen LogP contribution in [0.2, 0.25) is 0 Å². The van der Waals surface area contributed by atoms with E-state index in [1.807, 2.05) is 6.92 Å². The Morgan fingerprint density at radius 1 is 1.16 bits per heavy atom. The Hall–Kier alpha value is -1.47. The summed E-state index contributed by atoms with van der Waals surface area (Å²) >= 11 is 3.38. The first-order valence-electron chi connectivity index (χ1n) is 5.46. The van der Waals surface area contributed by atoms with Gasteiger partial charge in [-0.1, -0.05) is 15.9 Å². The fraction of sp³-hybridized carbons (Fsp3) is 0.167. The van der Waals surface area contributed by atoms with Crippen LogP contribution in [0.25, 0.3) is 0 Å². The van der Waals surface area contributed by atoms with Crippen molar-refractivity contribution in [2.24, 2.45) is 0 Å². The molecule has 0 aliphatic carbocycles. The number of halogens is 1. The van der Waals surface area contributed by atoms with E-state index < -0.39 is 10.0 Å². The maximum Gasteiger partial charge on any atom is 0.263 e. The Kier molecular flexibility index (Phi) is 3.86. The first-order valence-corrected chi connectivity index (χ1v) is 7.73. The van der Waals surface area contributed by atoms with Crippen LogP contribution in [0.3, 0.4) is 0 Å². The summed E-state index contributed by atoms with van der Waals surface area (Å²) in [7, 11) is -3.66. The van der Waals surface area contributed by atoms with Gasteiger partial charge in [0.05, 0.1) is 11.1 Å². The van der Waals surface area contributed by atoms with Gasteiger partial charge >= 0.3 is 0 Å². The lowest BCUT2D eigenvalue weighted by atomic mass is 10.2. The molecule has 1 N–H and O–H groups in total. The molecule has 1 heterocycles. The monoisotopic (exact) mass is 341 g/mol. The van der Waals surface area contributed by atoms with Crippen LogP contribution in [0.1, 0.15) is 11.1 Å². The summed E-state index contributed by atoms with van der Waals surface area (Å²) in [6.07, 6.45) is 4.27. The van der Waals surface area contributed by atoms with Crippen molar-refractivity contribution in [2.45, 2.75) is 18.7 Å². The van der Waals surface area contributed by atoms with Crippen LogP contribution in [0.15, 0.2) is 40.1 Å². The van der Waals surface area contributed by atoms with Gasteiger partial charge in [0.2, 0.25) is 0 Å². The van der Waals surface area contributed by atoms with Gasteiger partial charge in [0, 0.05) is 16.9 Å². The van der Waals surface area contributed by atoms with Gasteiger partial charge in [-0.25, -0.2) is 13.4 Å². The summed E-state index contributed by atoms with van der Waals surface area (Å²) in [5.74, 6) is 0.197. The second kappa shape index (κ2) is 5.26. The summed E-state index contributed by atoms with van der Waals surface area (Å²) in [4.78, 5) is 7.95. The molecule has 7 heteroatoms. The molecule has 0 atom stereocenters. The third-order valence-corrected chi connectivity index (χ3v) is 4.90. The molecule has 0 unspecified atom stereocenters. The van der Waals surface area contributed by atoms with E-state index >= 15 is 0 Å². The fourth-order valence-corrected chi connectivity index (χ4v) is 3.35. The zero-order valence-electron chi connectivity index (χ0n) is 10.4. The second-order valence-electron chi connectivity index (χ2n) is 4.06. The van der Waals surface area contributed by atoms with Gasteiger partial charge in [0.25, 0.3) is 10.0 Å². The van der Waals surface area contributed by atoms with Crippen molar-refractivity contribution in [3.63, 3.8) is 0 Å². The first-order chi connectivity index (χ1) is 8.90. The molecule has 1 aromatic heterocycles. The Balaban J connectivity index is 2.43. The second-order valence-corrected chi connectivity index (χ2v) is 6.57. The van der Waals surface area contributed by atoms with Crippen LogP contribution in [-0.4, -0.2) is 18.4 Å². The molecule has 0 fully saturated rings. The quantitative estimate of drug-likeness (QED) is 0.931. The number of nitrogens with zero attached hydrogens (tertiary/aromatic N) is 2. The largest absolute Gasteiger partial charge is 0.263 e. The lowest BCUT2D eigenvalue weighted by Crippen LogP contribution is -2.15. The summed E-state index contributed by atoms with van der Waals surface area (Å²) in [5.41, 5.74) is 1.51. The Bertz CT molecular complexity index is 702. The van der Waals surface area contributed by atoms with Gasteiger partial charge in [-0.3, -0.25) is 9.71 Å². The van der Waals surface area contributed by atoms with E-state index in [4.69, 9.17) is 0 Å². The van der Waals surface area contributed by atoms with Gasteiger partial charge in [-0.15, -0.1) is 0 Å². The molecule has 100 valence electrons. The standard InChI is InChI=1S/C12H12BrN3O2S/c1-8-6-11(9(2)5-10(8)13)19(17,18)16-12-7-14-3-4-15-12/h3-7H,1-2H3,(H,15,16). The number of hydrogen-bond donors (Lipinski definition) is 1. The van der Waals surface area contributed by atoms with E-state index in [-0.39, 0.29) is 10.7 Å². The molecule has 0 aliphatic rings. The molecule has 2 rings (SSSR count). The SMILES string of the molecule is Cc1cc(S(=O)(=O)Nc2cnccn2)c(C)cc1Br. The molecule has 0 radical (unpaired) electrons. The molecule has 0 bridgehead atoms. The minimum atomic E-state index is -3.66. The van der Waals surface area contributed by atoms with E-state index in [2.05, 4.69) is 30.6 Å². The Labute approximate surface area is 120 Å². The van der Waals surface area contributed by atoms with Crippen LogP contribution in [-0.2, 0) is 10.0 Å². The van der Waals surface area contributed by atoms with Gasteiger partial charge in [-0.2, -0.15) is 0 Å². The summed E-state index contributed by atoms with van der Waals surface area (Å²) < 4.78 is 27.9. The van der Waals surface area contributed by atoms with Crippen LogP contribution in [0.4, 0.5) is 5.82 Å². The lowest BCUT2D eigenvalue weighted by Gasteiger charge is -2.11. The van der Waals surface area contributed by atoms with Crippen LogP contribution >= 0.6 is 15.9 Å². The molecule has 0 saturated heterocycles. The lowest BCUT2D eigenvalue weighted by molar-refractivity contribution is 0.600. The predicted molar refractivity (Wildman–Crippen MR) is 76.5 cm³/mol. The molecule has 0 spiro atoms. The van der Waals surface area contributed by atoms with E-state index in [0.717, 1.165) is 10.0 Å². The number of aromatic nitrogens is 2. The number of sulfonamides is 1. The van der Waals surface area contributed by atoms with Crippen molar-refractivity contribution >= 4 is 31.8 Å². The highest BCUT2D eigenvalue weighted by molar-refractivity contribution is 9.10. The minimum Gasteiger partial charge on any atom is -0.262 e. The Morgan fingerprint density at radius 2 is 1.89 bits per heavy atom. The number of benzene rings is 1. The van der Waals surface area contributed by atoms with E-state index in [1.165, 1.54) is 18.6 Å². The molecule has 19 heavy (non-hydrogen) atoms. The molecule has 0 amide bonds. The van der Waals surface area contributed by atoms with Gasteiger partial charge in [0.15, 0.2) is 5.82 Å². The molecule has 2 aromatic rings. The highest BCUT2D eigenvalue weighted by Gasteiger charge is 2.18.